The number of phenols is 1. The lowest BCUT2D eigenvalue weighted by molar-refractivity contribution is 0.0952. The van der Waals surface area contributed by atoms with Crippen LogP contribution < -0.4 is 5.43 Å². The lowest BCUT2D eigenvalue weighted by atomic mass is 10.1. The first kappa shape index (κ1) is 13.7. The van der Waals surface area contributed by atoms with E-state index in [4.69, 9.17) is 0 Å². The number of nitrogens with one attached hydrogen (secondary N) is 1. The molecule has 1 aromatic carbocycles. The van der Waals surface area contributed by atoms with Gasteiger partial charge in [0.2, 0.25) is 0 Å². The number of pyridine rings is 1. The van der Waals surface area contributed by atoms with Crippen LogP contribution in [0.1, 0.15) is 28.5 Å². The molecule has 2 aromatic rings. The SMILES string of the molecule is C/C(=N\NC(=O)c1cccc(C)c1O)c1ccccn1. The van der Waals surface area contributed by atoms with Crippen molar-refractivity contribution in [2.45, 2.75) is 13.8 Å². The van der Waals surface area contributed by atoms with Crippen molar-refractivity contribution < 1.29 is 9.90 Å². The number of aromatic nitrogens is 1. The van der Waals surface area contributed by atoms with Gasteiger partial charge in [0, 0.05) is 6.20 Å². The number of hydrazone groups is 1. The topological polar surface area (TPSA) is 74.6 Å². The molecule has 1 aromatic heterocycles. The average molecular weight is 269 g/mol. The van der Waals surface area contributed by atoms with E-state index in [1.807, 2.05) is 6.07 Å². The minimum absolute atomic E-state index is 0.0318. The fourth-order valence-corrected chi connectivity index (χ4v) is 1.67. The van der Waals surface area contributed by atoms with E-state index in [9.17, 15) is 9.90 Å². The molecule has 0 unspecified atom stereocenters. The number of benzene rings is 1. The highest BCUT2D eigenvalue weighted by Gasteiger charge is 2.11. The molecule has 0 radical (unpaired) electrons. The van der Waals surface area contributed by atoms with E-state index in [-0.39, 0.29) is 11.3 Å². The first-order valence-corrected chi connectivity index (χ1v) is 6.14. The Bertz CT molecular complexity index is 651. The molecule has 5 nitrogen and oxygen atoms in total. The van der Waals surface area contributed by atoms with Crippen LogP contribution in [0.15, 0.2) is 47.7 Å². The number of para-hydroxylation sites is 1. The quantitative estimate of drug-likeness (QED) is 0.663. The monoisotopic (exact) mass is 269 g/mol. The molecule has 1 heterocycles. The minimum Gasteiger partial charge on any atom is -0.507 e. The third-order valence-electron chi connectivity index (χ3n) is 2.84. The smallest absolute Gasteiger partial charge is 0.275 e. The summed E-state index contributed by atoms with van der Waals surface area (Å²) in [6.07, 6.45) is 1.66. The van der Waals surface area contributed by atoms with Crippen molar-refractivity contribution in [2.75, 3.05) is 0 Å². The lowest BCUT2D eigenvalue weighted by Crippen LogP contribution is -2.19. The largest absolute Gasteiger partial charge is 0.507 e. The third-order valence-corrected chi connectivity index (χ3v) is 2.84. The molecule has 0 aliphatic heterocycles. The molecule has 0 aliphatic carbocycles. The van der Waals surface area contributed by atoms with Gasteiger partial charge in [-0.25, -0.2) is 5.43 Å². The molecule has 0 spiro atoms. The molecule has 0 bridgehead atoms. The maximum absolute atomic E-state index is 12.0. The summed E-state index contributed by atoms with van der Waals surface area (Å²) < 4.78 is 0. The number of aromatic hydroxyl groups is 1. The number of amides is 1. The van der Waals surface area contributed by atoms with Crippen LogP contribution in [0.25, 0.3) is 0 Å². The van der Waals surface area contributed by atoms with Gasteiger partial charge in [0.1, 0.15) is 5.75 Å². The number of hydrogen-bond acceptors (Lipinski definition) is 4. The van der Waals surface area contributed by atoms with Crippen LogP contribution in [0.3, 0.4) is 0 Å². The van der Waals surface area contributed by atoms with Crippen LogP contribution in [-0.4, -0.2) is 21.7 Å². The number of aryl methyl sites for hydroxylation is 1. The Morgan fingerprint density at radius 1 is 1.25 bits per heavy atom. The van der Waals surface area contributed by atoms with Gasteiger partial charge in [-0.2, -0.15) is 5.10 Å². The van der Waals surface area contributed by atoms with Crippen LogP contribution in [0.2, 0.25) is 0 Å². The Morgan fingerprint density at radius 3 is 2.75 bits per heavy atom. The predicted octanol–water partition coefficient (Wildman–Crippen LogP) is 2.25. The zero-order chi connectivity index (χ0) is 14.5. The van der Waals surface area contributed by atoms with Gasteiger partial charge in [-0.3, -0.25) is 9.78 Å². The summed E-state index contributed by atoms with van der Waals surface area (Å²) in [7, 11) is 0. The van der Waals surface area contributed by atoms with Crippen molar-refractivity contribution in [1.82, 2.24) is 10.4 Å². The number of phenolic OH excluding ortho intramolecular Hbond substituents is 1. The molecule has 102 valence electrons. The Labute approximate surface area is 117 Å². The minimum atomic E-state index is -0.457. The van der Waals surface area contributed by atoms with Crippen molar-refractivity contribution in [3.63, 3.8) is 0 Å². The van der Waals surface area contributed by atoms with E-state index in [0.29, 0.717) is 17.0 Å². The van der Waals surface area contributed by atoms with Crippen molar-refractivity contribution in [3.8, 4) is 5.75 Å². The van der Waals surface area contributed by atoms with E-state index < -0.39 is 5.91 Å². The highest BCUT2D eigenvalue weighted by Crippen LogP contribution is 2.20. The van der Waals surface area contributed by atoms with E-state index in [1.165, 1.54) is 0 Å². The number of nitrogens with zero attached hydrogens (tertiary/aromatic N) is 2. The van der Waals surface area contributed by atoms with Gasteiger partial charge in [-0.15, -0.1) is 0 Å². The predicted molar refractivity (Wildman–Crippen MR) is 76.8 cm³/mol. The molecular formula is C15H15N3O2. The fourth-order valence-electron chi connectivity index (χ4n) is 1.67. The molecule has 0 fully saturated rings. The van der Waals surface area contributed by atoms with Gasteiger partial charge in [0.05, 0.1) is 17.0 Å². The molecular weight excluding hydrogens is 254 g/mol. The van der Waals surface area contributed by atoms with Crippen molar-refractivity contribution >= 4 is 11.6 Å². The van der Waals surface area contributed by atoms with E-state index in [2.05, 4.69) is 15.5 Å². The van der Waals surface area contributed by atoms with E-state index in [0.717, 1.165) is 0 Å². The molecule has 1 amide bonds. The van der Waals surface area contributed by atoms with Crippen molar-refractivity contribution in [2.24, 2.45) is 5.10 Å². The summed E-state index contributed by atoms with van der Waals surface area (Å²) in [5, 5.41) is 13.8. The number of carbonyl (C=O) groups excluding carboxylic acids is 1. The summed E-state index contributed by atoms with van der Waals surface area (Å²) in [4.78, 5) is 16.1. The van der Waals surface area contributed by atoms with Gasteiger partial charge < -0.3 is 5.11 Å². The highest BCUT2D eigenvalue weighted by atomic mass is 16.3. The summed E-state index contributed by atoms with van der Waals surface area (Å²) in [6.45, 7) is 3.48. The maximum Gasteiger partial charge on any atom is 0.275 e. The summed E-state index contributed by atoms with van der Waals surface area (Å²) in [6, 6.07) is 10.4. The van der Waals surface area contributed by atoms with Crippen molar-refractivity contribution in [3.05, 3.63) is 59.4 Å². The van der Waals surface area contributed by atoms with Crippen LogP contribution >= 0.6 is 0 Å². The second-order valence-electron chi connectivity index (χ2n) is 4.32. The Kier molecular flexibility index (Phi) is 4.10. The number of carbonyl (C=O) groups is 1. The molecule has 0 atom stereocenters. The summed E-state index contributed by atoms with van der Waals surface area (Å²) in [5.74, 6) is -0.489. The molecule has 2 rings (SSSR count). The Morgan fingerprint density at radius 2 is 2.05 bits per heavy atom. The van der Waals surface area contributed by atoms with E-state index >= 15 is 0 Å². The molecule has 0 saturated carbocycles. The van der Waals surface area contributed by atoms with Crippen molar-refractivity contribution in [1.29, 1.82) is 0 Å². The zero-order valence-corrected chi connectivity index (χ0v) is 11.3. The fraction of sp³-hybridized carbons (Fsp3) is 0.133. The maximum atomic E-state index is 12.0. The molecule has 0 aliphatic rings. The molecule has 5 heteroatoms. The summed E-state index contributed by atoms with van der Waals surface area (Å²) >= 11 is 0. The molecule has 0 saturated heterocycles. The molecule has 20 heavy (non-hydrogen) atoms. The van der Waals surface area contributed by atoms with Gasteiger partial charge >= 0.3 is 0 Å². The summed E-state index contributed by atoms with van der Waals surface area (Å²) in [5.41, 5.74) is 4.52. The van der Waals surface area contributed by atoms with Crippen LogP contribution in [0.4, 0.5) is 0 Å². The van der Waals surface area contributed by atoms with Gasteiger partial charge in [-0.05, 0) is 37.6 Å². The molecule has 2 N–H and O–H groups in total. The van der Waals surface area contributed by atoms with Gasteiger partial charge in [-0.1, -0.05) is 18.2 Å². The van der Waals surface area contributed by atoms with Crippen LogP contribution in [-0.2, 0) is 0 Å². The third kappa shape index (κ3) is 3.00. The number of rotatable bonds is 3. The Balaban J connectivity index is 2.15. The van der Waals surface area contributed by atoms with Gasteiger partial charge in [0.15, 0.2) is 0 Å². The zero-order valence-electron chi connectivity index (χ0n) is 11.3. The lowest BCUT2D eigenvalue weighted by Gasteiger charge is -2.06. The Hall–Kier alpha value is -2.69. The first-order chi connectivity index (χ1) is 9.59. The highest BCUT2D eigenvalue weighted by molar-refractivity contribution is 6.00. The second-order valence-corrected chi connectivity index (χ2v) is 4.32. The van der Waals surface area contributed by atoms with Gasteiger partial charge in [0.25, 0.3) is 5.91 Å². The first-order valence-electron chi connectivity index (χ1n) is 6.14. The van der Waals surface area contributed by atoms with Crippen LogP contribution in [0, 0.1) is 6.92 Å². The normalized spacial score (nSPS) is 11.2. The van der Waals surface area contributed by atoms with Crippen LogP contribution in [0.5, 0.6) is 5.75 Å². The second kappa shape index (κ2) is 5.97. The standard InChI is InChI=1S/C15H15N3O2/c1-10-6-5-7-12(14(10)19)15(20)18-17-11(2)13-8-3-4-9-16-13/h3-9,19H,1-2H3,(H,18,20)/b17-11+. The average Bonchev–Trinajstić information content (AvgIpc) is 2.48. The number of hydrogen-bond donors (Lipinski definition) is 2. The van der Waals surface area contributed by atoms with E-state index in [1.54, 1.807) is 50.4 Å².